The molecule has 0 radical (unpaired) electrons. The molecule has 2 aliphatic heterocycles. The van der Waals surface area contributed by atoms with E-state index in [0.717, 1.165) is 57.8 Å². The number of carbonyl (C=O) groups is 2. The molecule has 0 N–H and O–H groups in total. The Labute approximate surface area is 174 Å². The van der Waals surface area contributed by atoms with Crippen molar-refractivity contribution in [3.63, 3.8) is 0 Å². The number of amides is 1. The highest BCUT2D eigenvalue weighted by atomic mass is 16.7. The van der Waals surface area contributed by atoms with E-state index >= 15 is 0 Å². The maximum atomic E-state index is 12.2. The van der Waals surface area contributed by atoms with Crippen molar-refractivity contribution >= 4 is 12.4 Å². The van der Waals surface area contributed by atoms with Gasteiger partial charge in [-0.05, 0) is 31.6 Å². The molecule has 1 spiro atoms. The number of esters is 1. The molecule has 3 aliphatic rings. The molecular weight excluding hydrogens is 370 g/mol. The molecule has 0 bridgehead atoms. The van der Waals surface area contributed by atoms with E-state index in [-0.39, 0.29) is 11.5 Å². The van der Waals surface area contributed by atoms with Crippen LogP contribution in [0.15, 0.2) is 12.2 Å². The van der Waals surface area contributed by atoms with Crippen molar-refractivity contribution < 1.29 is 23.8 Å². The second kappa shape index (κ2) is 10.1. The molecule has 0 aromatic heterocycles. The normalized spacial score (nSPS) is 30.8. The Morgan fingerprint density at radius 3 is 2.69 bits per heavy atom. The van der Waals surface area contributed by atoms with Crippen LogP contribution < -0.4 is 0 Å². The van der Waals surface area contributed by atoms with E-state index in [1.165, 1.54) is 26.4 Å². The number of nitrogens with zero attached hydrogens (tertiary/aromatic N) is 1. The zero-order valence-electron chi connectivity index (χ0n) is 18.1. The van der Waals surface area contributed by atoms with Gasteiger partial charge in [0.05, 0.1) is 25.9 Å². The standard InChI is InChI=1S/C23H37NO5/c1-3-4-5-7-13-23(28-16-17-29-23)15-10-19-9-6-8-12-22(19)14-11-20(21(26)27-2)24(22)18-25/h11,14,18-20H,3-10,12-13,15-17H2,1-2H3/t19-,20-,22+/m0/s1. The Balaban J connectivity index is 1.69. The van der Waals surface area contributed by atoms with Crippen molar-refractivity contribution in [1.29, 1.82) is 0 Å². The lowest BCUT2D eigenvalue weighted by atomic mass is 9.70. The van der Waals surface area contributed by atoms with E-state index in [4.69, 9.17) is 14.2 Å². The highest BCUT2D eigenvalue weighted by Gasteiger charge is 2.51. The number of ether oxygens (including phenoxy) is 3. The van der Waals surface area contributed by atoms with Crippen molar-refractivity contribution in [2.45, 2.75) is 94.9 Å². The minimum atomic E-state index is -0.611. The third-order valence-electron chi connectivity index (χ3n) is 7.09. The van der Waals surface area contributed by atoms with E-state index < -0.39 is 11.8 Å². The van der Waals surface area contributed by atoms with E-state index in [1.54, 1.807) is 4.90 Å². The first-order valence-corrected chi connectivity index (χ1v) is 11.4. The first kappa shape index (κ1) is 22.3. The van der Waals surface area contributed by atoms with Crippen LogP contribution in [0.1, 0.15) is 77.6 Å². The first-order valence-electron chi connectivity index (χ1n) is 11.4. The third-order valence-corrected chi connectivity index (χ3v) is 7.09. The van der Waals surface area contributed by atoms with Gasteiger partial charge in [0.2, 0.25) is 6.41 Å². The summed E-state index contributed by atoms with van der Waals surface area (Å²) in [7, 11) is 1.37. The molecule has 0 unspecified atom stereocenters. The monoisotopic (exact) mass is 407 g/mol. The van der Waals surface area contributed by atoms with Gasteiger partial charge in [-0.3, -0.25) is 4.79 Å². The molecular formula is C23H37NO5. The van der Waals surface area contributed by atoms with Gasteiger partial charge in [0.1, 0.15) is 6.04 Å². The molecule has 1 saturated heterocycles. The maximum absolute atomic E-state index is 12.2. The fourth-order valence-electron chi connectivity index (χ4n) is 5.50. The van der Waals surface area contributed by atoms with Gasteiger partial charge in [-0.25, -0.2) is 4.79 Å². The Bertz CT molecular complexity index is 586. The lowest BCUT2D eigenvalue weighted by Gasteiger charge is -2.47. The molecule has 3 atom stereocenters. The zero-order valence-corrected chi connectivity index (χ0v) is 18.1. The summed E-state index contributed by atoms with van der Waals surface area (Å²) in [5, 5.41) is 0. The molecule has 29 heavy (non-hydrogen) atoms. The summed E-state index contributed by atoms with van der Waals surface area (Å²) >= 11 is 0. The molecule has 6 heteroatoms. The maximum Gasteiger partial charge on any atom is 0.332 e. The van der Waals surface area contributed by atoms with Crippen molar-refractivity contribution in [3.8, 4) is 0 Å². The van der Waals surface area contributed by atoms with Gasteiger partial charge in [0.25, 0.3) is 0 Å². The molecule has 1 saturated carbocycles. The highest BCUT2D eigenvalue weighted by Crippen LogP contribution is 2.47. The molecule has 1 amide bonds. The summed E-state index contributed by atoms with van der Waals surface area (Å²) in [4.78, 5) is 25.9. The summed E-state index contributed by atoms with van der Waals surface area (Å²) in [5.74, 6) is -0.542. The Morgan fingerprint density at radius 2 is 2.00 bits per heavy atom. The SMILES string of the molecule is CCCCCCC1(CC[C@@H]2CCCC[C@@]23C=C[C@@H](C(=O)OC)N3C=O)OCCO1. The molecule has 3 rings (SSSR count). The van der Waals surface area contributed by atoms with Gasteiger partial charge in [0, 0.05) is 12.8 Å². The lowest BCUT2D eigenvalue weighted by molar-refractivity contribution is -0.173. The quantitative estimate of drug-likeness (QED) is 0.237. The van der Waals surface area contributed by atoms with Crippen LogP contribution in [0, 0.1) is 5.92 Å². The number of rotatable bonds is 10. The van der Waals surface area contributed by atoms with Gasteiger partial charge in [-0.1, -0.05) is 51.2 Å². The summed E-state index contributed by atoms with van der Waals surface area (Å²) in [6.07, 6.45) is 16.4. The fourth-order valence-corrected chi connectivity index (χ4v) is 5.50. The molecule has 1 aliphatic carbocycles. The number of unbranched alkanes of at least 4 members (excludes halogenated alkanes) is 3. The average Bonchev–Trinajstić information content (AvgIpc) is 3.36. The van der Waals surface area contributed by atoms with Gasteiger partial charge >= 0.3 is 5.97 Å². The second-order valence-corrected chi connectivity index (χ2v) is 8.73. The number of carbonyl (C=O) groups excluding carboxylic acids is 2. The molecule has 6 nitrogen and oxygen atoms in total. The van der Waals surface area contributed by atoms with Crippen molar-refractivity contribution in [1.82, 2.24) is 4.90 Å². The third kappa shape index (κ3) is 4.69. The molecule has 164 valence electrons. The summed E-state index contributed by atoms with van der Waals surface area (Å²) in [5.41, 5.74) is -0.388. The number of hydrogen-bond donors (Lipinski definition) is 0. The number of hydrogen-bond acceptors (Lipinski definition) is 5. The Kier molecular flexibility index (Phi) is 7.74. The van der Waals surface area contributed by atoms with Gasteiger partial charge in [-0.2, -0.15) is 0 Å². The summed E-state index contributed by atoms with van der Waals surface area (Å²) < 4.78 is 17.1. The smallest absolute Gasteiger partial charge is 0.332 e. The van der Waals surface area contributed by atoms with E-state index in [0.29, 0.717) is 19.1 Å². The molecule has 0 aromatic rings. The summed E-state index contributed by atoms with van der Waals surface area (Å²) in [6, 6.07) is -0.611. The minimum Gasteiger partial charge on any atom is -0.467 e. The van der Waals surface area contributed by atoms with Gasteiger partial charge in [0.15, 0.2) is 5.79 Å². The first-order chi connectivity index (χ1) is 14.1. The van der Waals surface area contributed by atoms with Crippen LogP contribution in [0.2, 0.25) is 0 Å². The minimum absolute atomic E-state index is 0.299. The van der Waals surface area contributed by atoms with E-state index in [1.807, 2.05) is 6.08 Å². The zero-order chi connectivity index (χ0) is 20.7. The van der Waals surface area contributed by atoms with Crippen LogP contribution in [0.4, 0.5) is 0 Å². The molecule has 0 aromatic carbocycles. The van der Waals surface area contributed by atoms with Gasteiger partial charge in [-0.15, -0.1) is 0 Å². The number of methoxy groups -OCH3 is 1. The van der Waals surface area contributed by atoms with Crippen LogP contribution >= 0.6 is 0 Å². The van der Waals surface area contributed by atoms with Crippen LogP contribution in [0.25, 0.3) is 0 Å². The van der Waals surface area contributed by atoms with Crippen molar-refractivity contribution in [2.24, 2.45) is 5.92 Å². The Morgan fingerprint density at radius 1 is 1.21 bits per heavy atom. The van der Waals surface area contributed by atoms with E-state index in [2.05, 4.69) is 13.0 Å². The fraction of sp³-hybridized carbons (Fsp3) is 0.826. The topological polar surface area (TPSA) is 65.1 Å². The largest absolute Gasteiger partial charge is 0.467 e. The van der Waals surface area contributed by atoms with Crippen molar-refractivity contribution in [2.75, 3.05) is 20.3 Å². The molecule has 2 fully saturated rings. The molecule has 2 heterocycles. The lowest BCUT2D eigenvalue weighted by Crippen LogP contribution is -2.55. The second-order valence-electron chi connectivity index (χ2n) is 8.73. The van der Waals surface area contributed by atoms with Gasteiger partial charge < -0.3 is 19.1 Å². The van der Waals surface area contributed by atoms with Crippen LogP contribution in [0.3, 0.4) is 0 Å². The predicted molar refractivity (Wildman–Crippen MR) is 110 cm³/mol. The Hall–Kier alpha value is -1.40. The highest BCUT2D eigenvalue weighted by molar-refractivity contribution is 5.82. The van der Waals surface area contributed by atoms with Crippen LogP contribution in [0.5, 0.6) is 0 Å². The van der Waals surface area contributed by atoms with E-state index in [9.17, 15) is 9.59 Å². The average molecular weight is 408 g/mol. The van der Waals surface area contributed by atoms with Crippen LogP contribution in [-0.2, 0) is 23.8 Å². The van der Waals surface area contributed by atoms with Crippen LogP contribution in [-0.4, -0.2) is 55.0 Å². The van der Waals surface area contributed by atoms with Crippen molar-refractivity contribution in [3.05, 3.63) is 12.2 Å². The summed E-state index contributed by atoms with van der Waals surface area (Å²) in [6.45, 7) is 3.54. The predicted octanol–water partition coefficient (Wildman–Crippen LogP) is 3.98.